The van der Waals surface area contributed by atoms with Crippen LogP contribution in [-0.4, -0.2) is 23.5 Å². The number of hydrogen-bond donors (Lipinski definition) is 3. The SMILES string of the molecule is NC(Cc1c[nH]c2ccccc12)C(=O)NCC1(c2ccccc2)CCCC1. The predicted octanol–water partition coefficient (Wildman–Crippen LogP) is 3.67. The van der Waals surface area contributed by atoms with Crippen molar-refractivity contribution in [2.75, 3.05) is 6.54 Å². The number of nitrogens with two attached hydrogens (primary N) is 1. The van der Waals surface area contributed by atoms with Gasteiger partial charge in [-0.05, 0) is 36.5 Å². The second kappa shape index (κ2) is 7.57. The first-order valence-corrected chi connectivity index (χ1v) is 9.82. The summed E-state index contributed by atoms with van der Waals surface area (Å²) in [7, 11) is 0. The normalized spacial score (nSPS) is 17.1. The first-order valence-electron chi connectivity index (χ1n) is 9.82. The van der Waals surface area contributed by atoms with E-state index in [2.05, 4.69) is 40.6 Å². The summed E-state index contributed by atoms with van der Waals surface area (Å²) in [5.41, 5.74) is 9.79. The van der Waals surface area contributed by atoms with Gasteiger partial charge >= 0.3 is 0 Å². The molecule has 4 heteroatoms. The van der Waals surface area contributed by atoms with Crippen molar-refractivity contribution < 1.29 is 4.79 Å². The van der Waals surface area contributed by atoms with Crippen molar-refractivity contribution in [1.29, 1.82) is 0 Å². The molecule has 4 N–H and O–H groups in total. The molecule has 1 heterocycles. The lowest BCUT2D eigenvalue weighted by atomic mass is 9.79. The maximum atomic E-state index is 12.7. The van der Waals surface area contributed by atoms with Gasteiger partial charge in [0.05, 0.1) is 6.04 Å². The molecule has 0 spiro atoms. The lowest BCUT2D eigenvalue weighted by molar-refractivity contribution is -0.122. The third-order valence-corrected chi connectivity index (χ3v) is 6.00. The van der Waals surface area contributed by atoms with E-state index in [1.54, 1.807) is 0 Å². The molecule has 1 fully saturated rings. The fourth-order valence-corrected chi connectivity index (χ4v) is 4.43. The molecule has 1 aromatic heterocycles. The Morgan fingerprint density at radius 3 is 2.56 bits per heavy atom. The molecule has 1 unspecified atom stereocenters. The molecule has 4 rings (SSSR count). The maximum absolute atomic E-state index is 12.7. The molecule has 3 aromatic rings. The molecule has 1 atom stereocenters. The minimum Gasteiger partial charge on any atom is -0.361 e. The fourth-order valence-electron chi connectivity index (χ4n) is 4.43. The van der Waals surface area contributed by atoms with E-state index < -0.39 is 6.04 Å². The van der Waals surface area contributed by atoms with Crippen LogP contribution in [0.5, 0.6) is 0 Å². The highest BCUT2D eigenvalue weighted by atomic mass is 16.2. The largest absolute Gasteiger partial charge is 0.361 e. The van der Waals surface area contributed by atoms with E-state index in [0.29, 0.717) is 13.0 Å². The molecule has 0 bridgehead atoms. The quantitative estimate of drug-likeness (QED) is 0.627. The van der Waals surface area contributed by atoms with Gasteiger partial charge in [-0.1, -0.05) is 61.4 Å². The van der Waals surface area contributed by atoms with Gasteiger partial charge in [0.2, 0.25) is 5.91 Å². The van der Waals surface area contributed by atoms with Crippen LogP contribution in [0.4, 0.5) is 0 Å². The molecular formula is C23H27N3O. The van der Waals surface area contributed by atoms with Crippen LogP contribution < -0.4 is 11.1 Å². The Labute approximate surface area is 160 Å². The molecule has 2 aromatic carbocycles. The first kappa shape index (κ1) is 17.8. The number of H-pyrrole nitrogens is 1. The zero-order valence-electron chi connectivity index (χ0n) is 15.6. The highest BCUT2D eigenvalue weighted by molar-refractivity contribution is 5.86. The van der Waals surface area contributed by atoms with Crippen LogP contribution in [0.1, 0.15) is 36.8 Å². The van der Waals surface area contributed by atoms with Crippen LogP contribution in [0.25, 0.3) is 10.9 Å². The minimum absolute atomic E-state index is 0.0530. The Kier molecular flexibility index (Phi) is 4.99. The zero-order valence-corrected chi connectivity index (χ0v) is 15.6. The smallest absolute Gasteiger partial charge is 0.237 e. The standard InChI is InChI=1S/C23H27N3O/c24-20(14-17-15-25-21-11-5-4-10-19(17)21)22(27)26-16-23(12-6-7-13-23)18-8-2-1-3-9-18/h1-5,8-11,15,20,25H,6-7,12-14,16,24H2,(H,26,27). The van der Waals surface area contributed by atoms with E-state index in [9.17, 15) is 4.79 Å². The summed E-state index contributed by atoms with van der Waals surface area (Å²) in [5.74, 6) is -0.0671. The average molecular weight is 361 g/mol. The van der Waals surface area contributed by atoms with Gasteiger partial charge in [0.1, 0.15) is 0 Å². The van der Waals surface area contributed by atoms with Crippen molar-refractivity contribution in [3.8, 4) is 0 Å². The molecule has 4 nitrogen and oxygen atoms in total. The summed E-state index contributed by atoms with van der Waals surface area (Å²) < 4.78 is 0. The number of fused-ring (bicyclic) bond motifs is 1. The fraction of sp³-hybridized carbons (Fsp3) is 0.348. The molecule has 0 aliphatic heterocycles. The van der Waals surface area contributed by atoms with E-state index >= 15 is 0 Å². The van der Waals surface area contributed by atoms with Gasteiger partial charge in [-0.3, -0.25) is 4.79 Å². The van der Waals surface area contributed by atoms with Crippen LogP contribution in [-0.2, 0) is 16.6 Å². The number of aromatic nitrogens is 1. The maximum Gasteiger partial charge on any atom is 0.237 e. The summed E-state index contributed by atoms with van der Waals surface area (Å²) in [5, 5.41) is 4.29. The summed E-state index contributed by atoms with van der Waals surface area (Å²) in [6.07, 6.45) is 7.16. The molecule has 0 radical (unpaired) electrons. The summed E-state index contributed by atoms with van der Waals surface area (Å²) in [6, 6.07) is 18.1. The number of para-hydroxylation sites is 1. The predicted molar refractivity (Wildman–Crippen MR) is 110 cm³/mol. The van der Waals surface area contributed by atoms with Gasteiger partial charge in [0.15, 0.2) is 0 Å². The monoisotopic (exact) mass is 361 g/mol. The second-order valence-electron chi connectivity index (χ2n) is 7.74. The first-order chi connectivity index (χ1) is 13.2. The van der Waals surface area contributed by atoms with Gasteiger partial charge in [0, 0.05) is 29.1 Å². The zero-order chi connectivity index (χ0) is 18.7. The molecule has 1 saturated carbocycles. The van der Waals surface area contributed by atoms with Crippen molar-refractivity contribution in [1.82, 2.24) is 10.3 Å². The van der Waals surface area contributed by atoms with E-state index in [0.717, 1.165) is 29.3 Å². The summed E-state index contributed by atoms with van der Waals surface area (Å²) >= 11 is 0. The number of hydrogen-bond acceptors (Lipinski definition) is 2. The lowest BCUT2D eigenvalue weighted by Crippen LogP contribution is -2.47. The third kappa shape index (κ3) is 3.62. The van der Waals surface area contributed by atoms with Crippen LogP contribution in [0.15, 0.2) is 60.8 Å². The van der Waals surface area contributed by atoms with Crippen molar-refractivity contribution in [2.24, 2.45) is 5.73 Å². The summed E-state index contributed by atoms with van der Waals surface area (Å²) in [6.45, 7) is 0.664. The Hall–Kier alpha value is -2.59. The van der Waals surface area contributed by atoms with Crippen LogP contribution in [0.3, 0.4) is 0 Å². The van der Waals surface area contributed by atoms with Gasteiger partial charge in [-0.15, -0.1) is 0 Å². The molecule has 0 saturated heterocycles. The van der Waals surface area contributed by atoms with Crippen LogP contribution >= 0.6 is 0 Å². The minimum atomic E-state index is -0.543. The molecular weight excluding hydrogens is 334 g/mol. The number of aromatic amines is 1. The second-order valence-corrected chi connectivity index (χ2v) is 7.74. The van der Waals surface area contributed by atoms with Crippen molar-refractivity contribution in [3.63, 3.8) is 0 Å². The van der Waals surface area contributed by atoms with E-state index in [4.69, 9.17) is 5.73 Å². The van der Waals surface area contributed by atoms with Crippen molar-refractivity contribution in [3.05, 3.63) is 71.9 Å². The summed E-state index contributed by atoms with van der Waals surface area (Å²) in [4.78, 5) is 15.9. The Balaban J connectivity index is 1.42. The molecule has 1 aliphatic rings. The van der Waals surface area contributed by atoms with Gasteiger partial charge < -0.3 is 16.0 Å². The Morgan fingerprint density at radius 2 is 1.78 bits per heavy atom. The van der Waals surface area contributed by atoms with E-state index in [-0.39, 0.29) is 11.3 Å². The molecule has 1 aliphatic carbocycles. The van der Waals surface area contributed by atoms with Gasteiger partial charge in [-0.25, -0.2) is 0 Å². The van der Waals surface area contributed by atoms with Crippen LogP contribution in [0.2, 0.25) is 0 Å². The topological polar surface area (TPSA) is 70.9 Å². The molecule has 27 heavy (non-hydrogen) atoms. The number of carbonyl (C=O) groups is 1. The van der Waals surface area contributed by atoms with Crippen molar-refractivity contribution in [2.45, 2.75) is 43.6 Å². The highest BCUT2D eigenvalue weighted by Gasteiger charge is 2.36. The third-order valence-electron chi connectivity index (χ3n) is 6.00. The number of nitrogens with one attached hydrogen (secondary N) is 2. The molecule has 140 valence electrons. The number of rotatable bonds is 6. The highest BCUT2D eigenvalue weighted by Crippen LogP contribution is 2.40. The Bertz CT molecular complexity index is 910. The van der Waals surface area contributed by atoms with Gasteiger partial charge in [0.25, 0.3) is 0 Å². The average Bonchev–Trinajstić information content (AvgIpc) is 3.35. The van der Waals surface area contributed by atoms with Crippen molar-refractivity contribution >= 4 is 16.8 Å². The molecule has 1 amide bonds. The lowest BCUT2D eigenvalue weighted by Gasteiger charge is -2.30. The Morgan fingerprint density at radius 1 is 1.07 bits per heavy atom. The van der Waals surface area contributed by atoms with Crippen LogP contribution in [0, 0.1) is 0 Å². The number of amides is 1. The van der Waals surface area contributed by atoms with E-state index in [1.165, 1.54) is 18.4 Å². The van der Waals surface area contributed by atoms with Gasteiger partial charge in [-0.2, -0.15) is 0 Å². The number of carbonyl (C=O) groups excluding carboxylic acids is 1. The number of benzene rings is 2. The van der Waals surface area contributed by atoms with E-state index in [1.807, 2.05) is 30.5 Å².